The van der Waals surface area contributed by atoms with Gasteiger partial charge in [-0.1, -0.05) is 135 Å². The highest BCUT2D eigenvalue weighted by Crippen LogP contribution is 2.43. The van der Waals surface area contributed by atoms with Crippen LogP contribution in [0.5, 0.6) is 0 Å². The number of carbonyl (C=O) groups excluding carboxylic acids is 2. The SMILES string of the molecule is CC/C=C/C/C=C/C/C=C/C/C=C/C/C=C/C/C=C/CCC(=O)OC[C@H](COP(=O)(O)OCC[N+](C)(C)C)OC(=O)CCCC/C=C/C/C=C/C/C=C/C/C=C/CC. The summed E-state index contributed by atoms with van der Waals surface area (Å²) in [5.41, 5.74) is 0. The minimum atomic E-state index is -4.41. The number of rotatable bonds is 36. The number of phosphoric acid groups is 1. The van der Waals surface area contributed by atoms with E-state index >= 15 is 0 Å². The van der Waals surface area contributed by atoms with Gasteiger partial charge in [-0.2, -0.15) is 0 Å². The third-order valence-corrected chi connectivity index (χ3v) is 8.98. The van der Waals surface area contributed by atoms with Crippen LogP contribution >= 0.6 is 7.82 Å². The minimum absolute atomic E-state index is 0.00456. The van der Waals surface area contributed by atoms with Crippen molar-refractivity contribution in [2.24, 2.45) is 0 Å². The highest BCUT2D eigenvalue weighted by Gasteiger charge is 2.27. The second-order valence-corrected chi connectivity index (χ2v) is 16.1. The van der Waals surface area contributed by atoms with Crippen molar-refractivity contribution in [2.45, 2.75) is 123 Å². The molecule has 0 amide bonds. The highest BCUT2D eigenvalue weighted by atomic mass is 31.2. The van der Waals surface area contributed by atoms with Crippen molar-refractivity contribution in [3.8, 4) is 0 Å². The van der Waals surface area contributed by atoms with Crippen LogP contribution in [0.2, 0.25) is 0 Å². The van der Waals surface area contributed by atoms with Gasteiger partial charge < -0.3 is 18.9 Å². The lowest BCUT2D eigenvalue weighted by atomic mass is 10.2. The number of quaternary nitrogens is 1. The summed E-state index contributed by atoms with van der Waals surface area (Å²) >= 11 is 0. The monoisotopic (exact) mass is 827 g/mol. The Bertz CT molecular complexity index is 1390. The van der Waals surface area contributed by atoms with E-state index in [9.17, 15) is 19.0 Å². The Morgan fingerprint density at radius 2 is 0.948 bits per heavy atom. The molecule has 9 nitrogen and oxygen atoms in total. The Balaban J connectivity index is 4.60. The average Bonchev–Trinajstić information content (AvgIpc) is 3.17. The third kappa shape index (κ3) is 42.0. The van der Waals surface area contributed by atoms with Crippen LogP contribution in [0, 0.1) is 0 Å². The number of hydrogen-bond acceptors (Lipinski definition) is 7. The van der Waals surface area contributed by atoms with Gasteiger partial charge in [0.1, 0.15) is 19.8 Å². The molecule has 0 aliphatic carbocycles. The zero-order valence-corrected chi connectivity index (χ0v) is 37.4. The molecule has 0 rings (SSSR count). The first-order chi connectivity index (χ1) is 28.0. The van der Waals surface area contributed by atoms with Crippen molar-refractivity contribution in [3.63, 3.8) is 0 Å². The van der Waals surface area contributed by atoms with Crippen molar-refractivity contribution < 1.29 is 42.1 Å². The van der Waals surface area contributed by atoms with Crippen molar-refractivity contribution in [1.82, 2.24) is 0 Å². The Kier molecular flexibility index (Phi) is 36.5. The number of likely N-dealkylation sites (N-methyl/N-ethyl adjacent to an activating group) is 1. The Morgan fingerprint density at radius 3 is 1.38 bits per heavy atom. The molecule has 326 valence electrons. The normalized spacial score (nSPS) is 14.8. The Hall–Kier alpha value is -3.59. The summed E-state index contributed by atoms with van der Waals surface area (Å²) in [5.74, 6) is -0.962. The lowest BCUT2D eigenvalue weighted by molar-refractivity contribution is -0.870. The Morgan fingerprint density at radius 1 is 0.534 bits per heavy atom. The molecule has 0 spiro atoms. The number of phosphoric ester groups is 1. The number of esters is 2. The van der Waals surface area contributed by atoms with E-state index in [-0.39, 0.29) is 26.1 Å². The largest absolute Gasteiger partial charge is 0.472 e. The zero-order chi connectivity index (χ0) is 42.8. The molecule has 1 N–H and O–H groups in total. The molecule has 58 heavy (non-hydrogen) atoms. The molecule has 0 aliphatic rings. The van der Waals surface area contributed by atoms with Crippen molar-refractivity contribution in [1.29, 1.82) is 0 Å². The summed E-state index contributed by atoms with van der Waals surface area (Å²) in [6.07, 6.45) is 54.1. The van der Waals surface area contributed by atoms with Gasteiger partial charge in [0.15, 0.2) is 6.10 Å². The fourth-order valence-electron chi connectivity index (χ4n) is 4.73. The molecular weight excluding hydrogens is 750 g/mol. The average molecular weight is 827 g/mol. The standard InChI is InChI=1S/C48H76NO8P/c1-6-8-10-12-14-16-18-20-22-23-24-25-27-28-30-32-34-36-38-40-47(50)54-44-46(45-56-58(52,53)55-43-42-49(3,4)5)57-48(51)41-39-37-35-33-31-29-26-21-19-17-15-13-11-9-7-2/h8-11,14-17,20-22,24-26,28,30-31,33-34,36,46H,6-7,12-13,18-19,23,27,29,32,35,37-45H2,1-5H3/p+1/b10-8+,11-9+,16-14+,17-15+,22-20+,25-24+,26-21+,30-28+,33-31+,36-34+/t46-/m1/s1. The van der Waals surface area contributed by atoms with Crippen LogP contribution in [-0.2, 0) is 32.7 Å². The van der Waals surface area contributed by atoms with Crippen molar-refractivity contribution >= 4 is 19.8 Å². The van der Waals surface area contributed by atoms with E-state index in [1.807, 2.05) is 33.3 Å². The fraction of sp³-hybridized carbons (Fsp3) is 0.542. The maximum absolute atomic E-state index is 12.7. The molecule has 10 heteroatoms. The van der Waals surface area contributed by atoms with E-state index < -0.39 is 32.5 Å². The summed E-state index contributed by atoms with van der Waals surface area (Å²) in [4.78, 5) is 35.3. The van der Waals surface area contributed by atoms with Gasteiger partial charge in [0, 0.05) is 12.8 Å². The molecule has 0 aromatic rings. The van der Waals surface area contributed by atoms with Crippen molar-refractivity contribution in [3.05, 3.63) is 122 Å². The molecule has 0 aliphatic heterocycles. The second kappa shape index (κ2) is 38.9. The first-order valence-corrected chi connectivity index (χ1v) is 22.8. The molecule has 0 fully saturated rings. The van der Waals surface area contributed by atoms with Crippen LogP contribution in [0.3, 0.4) is 0 Å². The van der Waals surface area contributed by atoms with Gasteiger partial charge >= 0.3 is 19.8 Å². The van der Waals surface area contributed by atoms with E-state index in [0.29, 0.717) is 23.9 Å². The maximum Gasteiger partial charge on any atom is 0.472 e. The van der Waals surface area contributed by atoms with Gasteiger partial charge in [0.25, 0.3) is 0 Å². The molecule has 0 heterocycles. The van der Waals surface area contributed by atoms with Gasteiger partial charge in [0.2, 0.25) is 0 Å². The minimum Gasteiger partial charge on any atom is -0.462 e. The van der Waals surface area contributed by atoms with Crippen molar-refractivity contribution in [2.75, 3.05) is 47.5 Å². The number of hydrogen-bond donors (Lipinski definition) is 1. The fourth-order valence-corrected chi connectivity index (χ4v) is 5.48. The van der Waals surface area contributed by atoms with Crippen LogP contribution in [0.1, 0.15) is 117 Å². The molecule has 0 aromatic heterocycles. The van der Waals surface area contributed by atoms with Crippen LogP contribution in [0.25, 0.3) is 0 Å². The zero-order valence-electron chi connectivity index (χ0n) is 36.5. The molecule has 0 bridgehead atoms. The first kappa shape index (κ1) is 54.4. The highest BCUT2D eigenvalue weighted by molar-refractivity contribution is 7.47. The number of nitrogens with zero attached hydrogens (tertiary/aromatic N) is 1. The number of carbonyl (C=O) groups is 2. The number of allylic oxidation sites excluding steroid dienone is 20. The van der Waals surface area contributed by atoms with Gasteiger partial charge in [0.05, 0.1) is 27.7 Å². The molecule has 1 unspecified atom stereocenters. The van der Waals surface area contributed by atoms with E-state index in [0.717, 1.165) is 77.0 Å². The summed E-state index contributed by atoms with van der Waals surface area (Å²) in [6, 6.07) is 0. The molecular formula is C48H77NO8P+. The topological polar surface area (TPSA) is 108 Å². The third-order valence-electron chi connectivity index (χ3n) is 8.00. The molecule has 0 aromatic carbocycles. The van der Waals surface area contributed by atoms with E-state index in [4.69, 9.17) is 18.5 Å². The maximum atomic E-state index is 12.7. The quantitative estimate of drug-likeness (QED) is 0.0219. The summed E-state index contributed by atoms with van der Waals surface area (Å²) in [6.45, 7) is 4.01. The van der Waals surface area contributed by atoms with Gasteiger partial charge in [-0.15, -0.1) is 0 Å². The van der Waals surface area contributed by atoms with E-state index in [2.05, 4.69) is 123 Å². The smallest absolute Gasteiger partial charge is 0.462 e. The molecule has 0 saturated heterocycles. The first-order valence-electron chi connectivity index (χ1n) is 21.3. The summed E-state index contributed by atoms with van der Waals surface area (Å²) in [5, 5.41) is 0. The molecule has 2 atom stereocenters. The predicted molar refractivity (Wildman–Crippen MR) is 242 cm³/mol. The van der Waals surface area contributed by atoms with E-state index in [1.54, 1.807) is 0 Å². The lowest BCUT2D eigenvalue weighted by Gasteiger charge is -2.24. The second-order valence-electron chi connectivity index (χ2n) is 14.6. The van der Waals surface area contributed by atoms with Gasteiger partial charge in [-0.05, 0) is 89.9 Å². The summed E-state index contributed by atoms with van der Waals surface area (Å²) in [7, 11) is 1.38. The van der Waals surface area contributed by atoms with E-state index in [1.165, 1.54) is 0 Å². The van der Waals surface area contributed by atoms with Crippen LogP contribution < -0.4 is 0 Å². The Labute approximate surface area is 352 Å². The van der Waals surface area contributed by atoms with Gasteiger partial charge in [-0.25, -0.2) is 4.57 Å². The van der Waals surface area contributed by atoms with Crippen LogP contribution in [0.4, 0.5) is 0 Å². The van der Waals surface area contributed by atoms with Gasteiger partial charge in [-0.3, -0.25) is 18.6 Å². The predicted octanol–water partition coefficient (Wildman–Crippen LogP) is 12.1. The molecule has 0 saturated carbocycles. The number of unbranched alkanes of at least 4 members (excludes halogenated alkanes) is 2. The molecule has 0 radical (unpaired) electrons. The number of ether oxygens (including phenoxy) is 2. The van der Waals surface area contributed by atoms with Crippen LogP contribution in [-0.4, -0.2) is 74.9 Å². The summed E-state index contributed by atoms with van der Waals surface area (Å²) < 4.78 is 34.1. The lowest BCUT2D eigenvalue weighted by Crippen LogP contribution is -2.37. The van der Waals surface area contributed by atoms with Crippen LogP contribution in [0.15, 0.2) is 122 Å².